The average Bonchev–Trinajstić information content (AvgIpc) is 2.39. The van der Waals surface area contributed by atoms with E-state index < -0.39 is 0 Å². The van der Waals surface area contributed by atoms with Gasteiger partial charge in [0.25, 0.3) is 5.91 Å². The van der Waals surface area contributed by atoms with Gasteiger partial charge in [-0.15, -0.1) is 0 Å². The van der Waals surface area contributed by atoms with Gasteiger partial charge < -0.3 is 20.4 Å². The van der Waals surface area contributed by atoms with Crippen LogP contribution in [0.15, 0.2) is 18.2 Å². The van der Waals surface area contributed by atoms with Crippen molar-refractivity contribution in [1.29, 1.82) is 0 Å². The number of amides is 1. The number of likely N-dealkylation sites (N-methyl/N-ethyl adjacent to an activating group) is 1. The monoisotopic (exact) mass is 262 g/mol. The molecule has 1 amide bonds. The van der Waals surface area contributed by atoms with Gasteiger partial charge in [0.05, 0.1) is 11.4 Å². The van der Waals surface area contributed by atoms with Crippen LogP contribution < -0.4 is 10.6 Å². The molecular weight excluding hydrogens is 240 g/mol. The standard InChI is InChI=1S/C14H22N4O/c1-16(2)14(19)11-4-5-12(15)13(10-11)18-8-6-17(3)7-9-18/h4-5,10H,6-9,15H2,1-3H3. The molecule has 0 aromatic heterocycles. The number of benzene rings is 1. The smallest absolute Gasteiger partial charge is 0.253 e. The molecule has 1 aliphatic heterocycles. The first-order valence-corrected chi connectivity index (χ1v) is 6.53. The van der Waals surface area contributed by atoms with E-state index >= 15 is 0 Å². The molecular formula is C14H22N4O. The van der Waals surface area contributed by atoms with Gasteiger partial charge in [-0.25, -0.2) is 0 Å². The normalized spacial score (nSPS) is 16.5. The highest BCUT2D eigenvalue weighted by molar-refractivity contribution is 5.96. The molecule has 0 bridgehead atoms. The van der Waals surface area contributed by atoms with Crippen molar-refractivity contribution < 1.29 is 4.79 Å². The predicted octanol–water partition coefficient (Wildman–Crippen LogP) is 0.722. The van der Waals surface area contributed by atoms with E-state index in [9.17, 15) is 4.79 Å². The minimum Gasteiger partial charge on any atom is -0.397 e. The SMILES string of the molecule is CN1CCN(c2cc(C(=O)N(C)C)ccc2N)CC1. The lowest BCUT2D eigenvalue weighted by Gasteiger charge is -2.34. The van der Waals surface area contributed by atoms with Crippen molar-refractivity contribution in [3.63, 3.8) is 0 Å². The number of hydrogen-bond acceptors (Lipinski definition) is 4. The lowest BCUT2D eigenvalue weighted by Crippen LogP contribution is -2.44. The van der Waals surface area contributed by atoms with Gasteiger partial charge in [-0.05, 0) is 25.2 Å². The Morgan fingerprint density at radius 3 is 2.42 bits per heavy atom. The van der Waals surface area contributed by atoms with E-state index in [-0.39, 0.29) is 5.91 Å². The summed E-state index contributed by atoms with van der Waals surface area (Å²) in [6.45, 7) is 3.93. The van der Waals surface area contributed by atoms with Crippen LogP contribution in [-0.4, -0.2) is 63.0 Å². The first-order chi connectivity index (χ1) is 8.99. The molecule has 0 saturated carbocycles. The Morgan fingerprint density at radius 2 is 1.84 bits per heavy atom. The minimum absolute atomic E-state index is 0.00961. The molecule has 0 unspecified atom stereocenters. The van der Waals surface area contributed by atoms with E-state index in [0.717, 1.165) is 37.6 Å². The van der Waals surface area contributed by atoms with Gasteiger partial charge in [-0.1, -0.05) is 0 Å². The largest absolute Gasteiger partial charge is 0.397 e. The number of nitrogens with two attached hydrogens (primary N) is 1. The highest BCUT2D eigenvalue weighted by Crippen LogP contribution is 2.26. The molecule has 1 heterocycles. The molecule has 0 atom stereocenters. The van der Waals surface area contributed by atoms with Gasteiger partial charge in [0, 0.05) is 45.8 Å². The van der Waals surface area contributed by atoms with Crippen LogP contribution in [0, 0.1) is 0 Å². The zero-order valence-corrected chi connectivity index (χ0v) is 11.9. The summed E-state index contributed by atoms with van der Waals surface area (Å²) in [6.07, 6.45) is 0. The summed E-state index contributed by atoms with van der Waals surface area (Å²) in [5.41, 5.74) is 8.45. The number of piperazine rings is 1. The lowest BCUT2D eigenvalue weighted by atomic mass is 10.1. The molecule has 0 radical (unpaired) electrons. The molecule has 1 saturated heterocycles. The van der Waals surface area contributed by atoms with Crippen LogP contribution in [0.3, 0.4) is 0 Å². The second-order valence-electron chi connectivity index (χ2n) is 5.26. The number of rotatable bonds is 2. The van der Waals surface area contributed by atoms with Gasteiger partial charge in [0.2, 0.25) is 0 Å². The molecule has 0 spiro atoms. The number of nitrogens with zero attached hydrogens (tertiary/aromatic N) is 3. The molecule has 0 aliphatic carbocycles. The molecule has 104 valence electrons. The summed E-state index contributed by atoms with van der Waals surface area (Å²) in [5.74, 6) is 0.00961. The topological polar surface area (TPSA) is 52.8 Å². The highest BCUT2D eigenvalue weighted by Gasteiger charge is 2.18. The average molecular weight is 262 g/mol. The molecule has 2 N–H and O–H groups in total. The number of carbonyl (C=O) groups is 1. The van der Waals surface area contributed by atoms with Crippen LogP contribution in [0.2, 0.25) is 0 Å². The maximum absolute atomic E-state index is 12.0. The fourth-order valence-corrected chi connectivity index (χ4v) is 2.26. The van der Waals surface area contributed by atoms with Crippen molar-refractivity contribution >= 4 is 17.3 Å². The van der Waals surface area contributed by atoms with Crippen LogP contribution in [-0.2, 0) is 0 Å². The second kappa shape index (κ2) is 5.48. The Balaban J connectivity index is 2.24. The minimum atomic E-state index is 0.00961. The molecule has 1 fully saturated rings. The van der Waals surface area contributed by atoms with E-state index in [4.69, 9.17) is 5.73 Å². The zero-order chi connectivity index (χ0) is 14.0. The first-order valence-electron chi connectivity index (χ1n) is 6.53. The third-order valence-electron chi connectivity index (χ3n) is 3.53. The van der Waals surface area contributed by atoms with Crippen molar-refractivity contribution in [1.82, 2.24) is 9.80 Å². The van der Waals surface area contributed by atoms with Crippen molar-refractivity contribution in [2.24, 2.45) is 0 Å². The Bertz CT molecular complexity index is 465. The van der Waals surface area contributed by atoms with Gasteiger partial charge >= 0.3 is 0 Å². The van der Waals surface area contributed by atoms with Gasteiger partial charge in [0.1, 0.15) is 0 Å². The maximum Gasteiger partial charge on any atom is 0.253 e. The Labute approximate surface area is 114 Å². The number of carbonyl (C=O) groups excluding carboxylic acids is 1. The van der Waals surface area contributed by atoms with E-state index in [1.807, 2.05) is 12.1 Å². The summed E-state index contributed by atoms with van der Waals surface area (Å²) in [4.78, 5) is 18.1. The molecule has 5 heteroatoms. The Morgan fingerprint density at radius 1 is 1.21 bits per heavy atom. The van der Waals surface area contributed by atoms with E-state index in [2.05, 4.69) is 16.8 Å². The summed E-state index contributed by atoms with van der Waals surface area (Å²) < 4.78 is 0. The molecule has 1 aromatic carbocycles. The van der Waals surface area contributed by atoms with Crippen LogP contribution in [0.4, 0.5) is 11.4 Å². The maximum atomic E-state index is 12.0. The summed E-state index contributed by atoms with van der Waals surface area (Å²) in [7, 11) is 5.63. The quantitative estimate of drug-likeness (QED) is 0.798. The number of anilines is 2. The third kappa shape index (κ3) is 2.98. The van der Waals surface area contributed by atoms with Crippen LogP contribution in [0.25, 0.3) is 0 Å². The van der Waals surface area contributed by atoms with Gasteiger partial charge in [-0.3, -0.25) is 4.79 Å². The molecule has 2 rings (SSSR count). The highest BCUT2D eigenvalue weighted by atomic mass is 16.2. The molecule has 1 aromatic rings. The molecule has 1 aliphatic rings. The Kier molecular flexibility index (Phi) is 3.95. The number of hydrogen-bond donors (Lipinski definition) is 1. The second-order valence-corrected chi connectivity index (χ2v) is 5.26. The fourth-order valence-electron chi connectivity index (χ4n) is 2.26. The van der Waals surface area contributed by atoms with Crippen molar-refractivity contribution in [2.45, 2.75) is 0 Å². The molecule has 19 heavy (non-hydrogen) atoms. The third-order valence-corrected chi connectivity index (χ3v) is 3.53. The predicted molar refractivity (Wildman–Crippen MR) is 78.6 cm³/mol. The fraction of sp³-hybridized carbons (Fsp3) is 0.500. The van der Waals surface area contributed by atoms with Crippen LogP contribution in [0.1, 0.15) is 10.4 Å². The van der Waals surface area contributed by atoms with Crippen LogP contribution >= 0.6 is 0 Å². The van der Waals surface area contributed by atoms with Crippen molar-refractivity contribution in [2.75, 3.05) is 58.0 Å². The van der Waals surface area contributed by atoms with Gasteiger partial charge in [-0.2, -0.15) is 0 Å². The van der Waals surface area contributed by atoms with Crippen molar-refractivity contribution in [3.8, 4) is 0 Å². The first kappa shape index (κ1) is 13.7. The Hall–Kier alpha value is -1.75. The lowest BCUT2D eigenvalue weighted by molar-refractivity contribution is 0.0827. The summed E-state index contributed by atoms with van der Waals surface area (Å²) >= 11 is 0. The van der Waals surface area contributed by atoms with E-state index in [1.54, 1.807) is 25.1 Å². The molecule has 5 nitrogen and oxygen atoms in total. The zero-order valence-electron chi connectivity index (χ0n) is 11.9. The summed E-state index contributed by atoms with van der Waals surface area (Å²) in [5, 5.41) is 0. The van der Waals surface area contributed by atoms with Gasteiger partial charge in [0.15, 0.2) is 0 Å². The summed E-state index contributed by atoms with van der Waals surface area (Å²) in [6, 6.07) is 5.52. The number of nitrogen functional groups attached to an aromatic ring is 1. The van der Waals surface area contributed by atoms with Crippen molar-refractivity contribution in [3.05, 3.63) is 23.8 Å². The van der Waals surface area contributed by atoms with E-state index in [0.29, 0.717) is 5.56 Å². The van der Waals surface area contributed by atoms with E-state index in [1.165, 1.54) is 0 Å². The van der Waals surface area contributed by atoms with Crippen LogP contribution in [0.5, 0.6) is 0 Å².